The monoisotopic (exact) mass is 227 g/mol. The lowest BCUT2D eigenvalue weighted by atomic mass is 9.95. The summed E-state index contributed by atoms with van der Waals surface area (Å²) in [7, 11) is 1.39. The Morgan fingerprint density at radius 3 is 2.41 bits per heavy atom. The number of carbonyl (C=O) groups is 1. The topological polar surface area (TPSA) is 39.2 Å². The first-order valence-corrected chi connectivity index (χ1v) is 5.36. The van der Waals surface area contributed by atoms with E-state index in [-0.39, 0.29) is 5.97 Å². The highest BCUT2D eigenvalue weighted by molar-refractivity contribution is 5.81. The zero-order valence-corrected chi connectivity index (χ0v) is 9.54. The van der Waals surface area contributed by atoms with Crippen molar-refractivity contribution in [3.05, 3.63) is 66.0 Å². The molecule has 0 fully saturated rings. The summed E-state index contributed by atoms with van der Waals surface area (Å²) in [6.07, 6.45) is 1.67. The molecule has 0 amide bonds. The first-order chi connectivity index (χ1) is 8.33. The Balaban J connectivity index is 2.43. The van der Waals surface area contributed by atoms with Crippen LogP contribution in [0.3, 0.4) is 0 Å². The quantitative estimate of drug-likeness (QED) is 0.756. The molecule has 1 heterocycles. The normalized spacial score (nSPS) is 11.8. The number of rotatable bonds is 3. The molecule has 17 heavy (non-hydrogen) atoms. The minimum Gasteiger partial charge on any atom is -0.468 e. The summed E-state index contributed by atoms with van der Waals surface area (Å²) in [6, 6.07) is 15.0. The number of pyridine rings is 1. The number of ether oxygens (including phenoxy) is 1. The van der Waals surface area contributed by atoms with Crippen molar-refractivity contribution in [3.63, 3.8) is 0 Å². The molecule has 0 aliphatic carbocycles. The summed E-state index contributed by atoms with van der Waals surface area (Å²) >= 11 is 0. The summed E-state index contributed by atoms with van der Waals surface area (Å²) in [5, 5.41) is 0. The number of hydrogen-bond donors (Lipinski definition) is 0. The van der Waals surface area contributed by atoms with Crippen LogP contribution in [0.25, 0.3) is 0 Å². The van der Waals surface area contributed by atoms with Crippen LogP contribution in [0, 0.1) is 0 Å². The Labute approximate surface area is 100 Å². The van der Waals surface area contributed by atoms with Gasteiger partial charge in [-0.05, 0) is 17.7 Å². The van der Waals surface area contributed by atoms with E-state index in [1.807, 2.05) is 48.5 Å². The average molecular weight is 227 g/mol. The lowest BCUT2D eigenvalue weighted by molar-refractivity contribution is -0.141. The van der Waals surface area contributed by atoms with Crippen LogP contribution < -0.4 is 0 Å². The van der Waals surface area contributed by atoms with Crippen LogP contribution in [-0.2, 0) is 9.53 Å². The molecule has 0 N–H and O–H groups in total. The van der Waals surface area contributed by atoms with Gasteiger partial charge in [-0.3, -0.25) is 9.78 Å². The highest BCUT2D eigenvalue weighted by Crippen LogP contribution is 2.23. The number of hydrogen-bond acceptors (Lipinski definition) is 3. The van der Waals surface area contributed by atoms with Crippen molar-refractivity contribution >= 4 is 5.97 Å². The maximum atomic E-state index is 11.9. The molecule has 0 saturated carbocycles. The van der Waals surface area contributed by atoms with Crippen LogP contribution in [0.5, 0.6) is 0 Å². The Bertz CT molecular complexity index is 443. The van der Waals surface area contributed by atoms with Crippen LogP contribution >= 0.6 is 0 Å². The van der Waals surface area contributed by atoms with Gasteiger partial charge in [0.1, 0.15) is 5.92 Å². The van der Waals surface area contributed by atoms with E-state index in [2.05, 4.69) is 4.98 Å². The average Bonchev–Trinajstić information content (AvgIpc) is 2.41. The summed E-state index contributed by atoms with van der Waals surface area (Å²) in [6.45, 7) is 0. The van der Waals surface area contributed by atoms with E-state index in [0.717, 1.165) is 5.56 Å². The zero-order valence-electron chi connectivity index (χ0n) is 9.54. The molecule has 1 aromatic carbocycles. The van der Waals surface area contributed by atoms with Crippen molar-refractivity contribution in [1.82, 2.24) is 4.98 Å². The molecule has 0 unspecified atom stereocenters. The van der Waals surface area contributed by atoms with E-state index >= 15 is 0 Å². The number of carbonyl (C=O) groups excluding carboxylic acids is 1. The molecule has 0 spiro atoms. The van der Waals surface area contributed by atoms with Gasteiger partial charge >= 0.3 is 5.97 Å². The van der Waals surface area contributed by atoms with Gasteiger partial charge in [0, 0.05) is 6.20 Å². The number of aromatic nitrogens is 1. The summed E-state index contributed by atoms with van der Waals surface area (Å²) in [4.78, 5) is 16.1. The maximum absolute atomic E-state index is 11.9. The van der Waals surface area contributed by atoms with Crippen LogP contribution in [0.1, 0.15) is 17.2 Å². The molecule has 86 valence electrons. The first-order valence-electron chi connectivity index (χ1n) is 5.36. The molecule has 3 heteroatoms. The molecular weight excluding hydrogens is 214 g/mol. The van der Waals surface area contributed by atoms with Crippen molar-refractivity contribution in [2.45, 2.75) is 5.92 Å². The Hall–Kier alpha value is -2.16. The molecule has 3 nitrogen and oxygen atoms in total. The Morgan fingerprint density at radius 2 is 1.82 bits per heavy atom. The molecule has 0 saturated heterocycles. The van der Waals surface area contributed by atoms with Gasteiger partial charge in [-0.25, -0.2) is 0 Å². The predicted octanol–water partition coefficient (Wildman–Crippen LogP) is 2.39. The molecule has 2 aromatic rings. The zero-order chi connectivity index (χ0) is 12.1. The van der Waals surface area contributed by atoms with Crippen molar-refractivity contribution in [1.29, 1.82) is 0 Å². The molecule has 1 atom stereocenters. The summed E-state index contributed by atoms with van der Waals surface area (Å²) in [5.41, 5.74) is 1.59. The van der Waals surface area contributed by atoms with E-state index < -0.39 is 5.92 Å². The van der Waals surface area contributed by atoms with Gasteiger partial charge in [-0.15, -0.1) is 0 Å². The second kappa shape index (κ2) is 5.25. The van der Waals surface area contributed by atoms with E-state index in [1.165, 1.54) is 7.11 Å². The van der Waals surface area contributed by atoms with Gasteiger partial charge in [-0.1, -0.05) is 36.4 Å². The standard InChI is InChI=1S/C14H13NO2/c1-17-14(16)13(11-7-3-2-4-8-11)12-9-5-6-10-15-12/h2-10,13H,1H3/t13-/m0/s1. The minimum absolute atomic E-state index is 0.296. The number of benzene rings is 1. The molecule has 0 bridgehead atoms. The molecule has 0 radical (unpaired) electrons. The summed E-state index contributed by atoms with van der Waals surface area (Å²) < 4.78 is 4.84. The molecular formula is C14H13NO2. The molecule has 0 aliphatic rings. The second-order valence-electron chi connectivity index (χ2n) is 3.62. The number of nitrogens with zero attached hydrogens (tertiary/aromatic N) is 1. The van der Waals surface area contributed by atoms with Gasteiger partial charge in [0.05, 0.1) is 12.8 Å². The van der Waals surface area contributed by atoms with Crippen LogP contribution in [-0.4, -0.2) is 18.1 Å². The molecule has 2 rings (SSSR count). The van der Waals surface area contributed by atoms with Crippen LogP contribution in [0.4, 0.5) is 0 Å². The first kappa shape index (κ1) is 11.3. The minimum atomic E-state index is -0.456. The fraction of sp³-hybridized carbons (Fsp3) is 0.143. The fourth-order valence-corrected chi connectivity index (χ4v) is 1.74. The third kappa shape index (κ3) is 2.50. The fourth-order valence-electron chi connectivity index (χ4n) is 1.74. The van der Waals surface area contributed by atoms with Gasteiger partial charge in [-0.2, -0.15) is 0 Å². The van der Waals surface area contributed by atoms with Crippen molar-refractivity contribution in [3.8, 4) is 0 Å². The highest BCUT2D eigenvalue weighted by atomic mass is 16.5. The third-order valence-corrected chi connectivity index (χ3v) is 2.55. The third-order valence-electron chi connectivity index (χ3n) is 2.55. The van der Waals surface area contributed by atoms with Gasteiger partial charge < -0.3 is 4.74 Å². The lowest BCUT2D eigenvalue weighted by Gasteiger charge is -2.14. The lowest BCUT2D eigenvalue weighted by Crippen LogP contribution is -2.16. The van der Waals surface area contributed by atoms with Crippen LogP contribution in [0.15, 0.2) is 54.7 Å². The highest BCUT2D eigenvalue weighted by Gasteiger charge is 2.24. The van der Waals surface area contributed by atoms with E-state index in [4.69, 9.17) is 4.74 Å². The second-order valence-corrected chi connectivity index (χ2v) is 3.62. The number of esters is 1. The van der Waals surface area contributed by atoms with Gasteiger partial charge in [0.25, 0.3) is 0 Å². The van der Waals surface area contributed by atoms with Crippen molar-refractivity contribution in [2.75, 3.05) is 7.11 Å². The molecule has 0 aliphatic heterocycles. The van der Waals surface area contributed by atoms with E-state index in [9.17, 15) is 4.79 Å². The van der Waals surface area contributed by atoms with E-state index in [0.29, 0.717) is 5.69 Å². The largest absolute Gasteiger partial charge is 0.468 e. The number of methoxy groups -OCH3 is 1. The summed E-state index contributed by atoms with van der Waals surface area (Å²) in [5.74, 6) is -0.753. The molecule has 1 aromatic heterocycles. The van der Waals surface area contributed by atoms with Gasteiger partial charge in [0.15, 0.2) is 0 Å². The van der Waals surface area contributed by atoms with Crippen molar-refractivity contribution in [2.24, 2.45) is 0 Å². The van der Waals surface area contributed by atoms with Crippen molar-refractivity contribution < 1.29 is 9.53 Å². The van der Waals surface area contributed by atoms with Crippen LogP contribution in [0.2, 0.25) is 0 Å². The maximum Gasteiger partial charge on any atom is 0.319 e. The predicted molar refractivity (Wildman–Crippen MR) is 64.5 cm³/mol. The van der Waals surface area contributed by atoms with Gasteiger partial charge in [0.2, 0.25) is 0 Å². The van der Waals surface area contributed by atoms with E-state index in [1.54, 1.807) is 6.20 Å². The Morgan fingerprint density at radius 1 is 1.12 bits per heavy atom. The Kier molecular flexibility index (Phi) is 3.50. The smallest absolute Gasteiger partial charge is 0.319 e. The SMILES string of the molecule is COC(=O)[C@@H](c1ccccc1)c1ccccn1.